The van der Waals surface area contributed by atoms with Gasteiger partial charge in [0, 0.05) is 6.92 Å². The van der Waals surface area contributed by atoms with Gasteiger partial charge in [-0.05, 0) is 19.1 Å². The summed E-state index contributed by atoms with van der Waals surface area (Å²) in [5.74, 6) is 0.740. The molecule has 1 atom stereocenters. The lowest BCUT2D eigenvalue weighted by Crippen LogP contribution is -2.40. The molecule has 6 nitrogen and oxygen atoms in total. The molecule has 0 bridgehead atoms. The maximum Gasteiger partial charge on any atom is 0.270 e. The minimum absolute atomic E-state index is 0.0679. The molecule has 1 N–H and O–H groups in total. The van der Waals surface area contributed by atoms with Crippen molar-refractivity contribution in [1.82, 2.24) is 4.98 Å². The highest BCUT2D eigenvalue weighted by Crippen LogP contribution is 2.31. The summed E-state index contributed by atoms with van der Waals surface area (Å²) in [7, 11) is 0. The number of nitrogens with zero attached hydrogens (tertiary/aromatic N) is 1. The molecule has 7 heteroatoms. The molecule has 0 radical (unpaired) electrons. The Hall–Kier alpha value is -2.41. The van der Waals surface area contributed by atoms with Crippen LogP contribution in [0.25, 0.3) is 0 Å². The first kappa shape index (κ1) is 14.5. The normalized spacial score (nSPS) is 16.2. The van der Waals surface area contributed by atoms with Crippen LogP contribution in [0.15, 0.2) is 24.3 Å². The number of carbonyl (C=O) groups is 2. The lowest BCUT2D eigenvalue weighted by atomic mass is 10.2. The molecule has 114 valence electrons. The van der Waals surface area contributed by atoms with E-state index in [2.05, 4.69) is 10.3 Å². The van der Waals surface area contributed by atoms with Gasteiger partial charge in [-0.2, -0.15) is 0 Å². The highest BCUT2D eigenvalue weighted by atomic mass is 32.1. The van der Waals surface area contributed by atoms with Crippen molar-refractivity contribution in [2.45, 2.75) is 20.0 Å². The second-order valence-electron chi connectivity index (χ2n) is 4.84. The molecule has 0 saturated heterocycles. The van der Waals surface area contributed by atoms with Gasteiger partial charge in [-0.25, -0.2) is 4.98 Å². The Balaban J connectivity index is 1.71. The van der Waals surface area contributed by atoms with Crippen molar-refractivity contribution in [3.8, 4) is 11.5 Å². The molecule has 3 rings (SSSR count). The third-order valence-corrected chi connectivity index (χ3v) is 4.32. The predicted octanol–water partition coefficient (Wildman–Crippen LogP) is 2.43. The Morgan fingerprint density at radius 1 is 1.32 bits per heavy atom. The zero-order valence-electron chi connectivity index (χ0n) is 12.1. The van der Waals surface area contributed by atoms with E-state index in [-0.39, 0.29) is 18.3 Å². The van der Waals surface area contributed by atoms with Crippen LogP contribution in [0, 0.1) is 6.92 Å². The topological polar surface area (TPSA) is 77.5 Å². The average molecular weight is 318 g/mol. The standard InChI is InChI=1S/C15H14N2O4S/c1-8-13(9(2)18)22-15(16-8)17-14(19)12-7-20-10-5-3-4-6-11(10)21-12/h3-6,12H,7H2,1-2H3,(H,16,17,19)/t12-/m0/s1. The number of para-hydroxylation sites is 2. The van der Waals surface area contributed by atoms with E-state index in [4.69, 9.17) is 9.47 Å². The van der Waals surface area contributed by atoms with E-state index in [1.165, 1.54) is 6.92 Å². The predicted molar refractivity (Wildman–Crippen MR) is 81.8 cm³/mol. The lowest BCUT2D eigenvalue weighted by molar-refractivity contribution is -0.125. The fourth-order valence-corrected chi connectivity index (χ4v) is 2.98. The zero-order valence-corrected chi connectivity index (χ0v) is 12.9. The number of aryl methyl sites for hydroxylation is 1. The fraction of sp³-hybridized carbons (Fsp3) is 0.267. The van der Waals surface area contributed by atoms with Gasteiger partial charge in [0.25, 0.3) is 5.91 Å². The van der Waals surface area contributed by atoms with Crippen LogP contribution in [0.5, 0.6) is 11.5 Å². The van der Waals surface area contributed by atoms with E-state index in [1.54, 1.807) is 19.1 Å². The number of Topliss-reactive ketones (excluding diaryl/α,β-unsaturated/α-hetero) is 1. The van der Waals surface area contributed by atoms with E-state index >= 15 is 0 Å². The number of hydrogen-bond donors (Lipinski definition) is 1. The minimum atomic E-state index is -0.750. The van der Waals surface area contributed by atoms with Crippen LogP contribution in [-0.2, 0) is 4.79 Å². The largest absolute Gasteiger partial charge is 0.485 e. The third kappa shape index (κ3) is 2.80. The summed E-state index contributed by atoms with van der Waals surface area (Å²) in [6, 6.07) is 7.18. The van der Waals surface area contributed by atoms with Gasteiger partial charge in [-0.15, -0.1) is 0 Å². The van der Waals surface area contributed by atoms with E-state index in [9.17, 15) is 9.59 Å². The summed E-state index contributed by atoms with van der Waals surface area (Å²) in [6.07, 6.45) is -0.750. The van der Waals surface area contributed by atoms with Crippen molar-refractivity contribution >= 4 is 28.2 Å². The van der Waals surface area contributed by atoms with Gasteiger partial charge < -0.3 is 9.47 Å². The molecular weight excluding hydrogens is 304 g/mol. The second kappa shape index (κ2) is 5.76. The van der Waals surface area contributed by atoms with Gasteiger partial charge in [-0.1, -0.05) is 23.5 Å². The maximum atomic E-state index is 12.2. The summed E-state index contributed by atoms with van der Waals surface area (Å²) >= 11 is 1.16. The number of ketones is 1. The number of benzene rings is 1. The molecule has 1 aliphatic rings. The average Bonchev–Trinajstić information content (AvgIpc) is 2.87. The molecule has 1 aromatic heterocycles. The molecule has 1 amide bonds. The highest BCUT2D eigenvalue weighted by Gasteiger charge is 2.28. The van der Waals surface area contributed by atoms with E-state index in [0.717, 1.165) is 11.3 Å². The number of fused-ring (bicyclic) bond motifs is 1. The number of nitrogens with one attached hydrogen (secondary N) is 1. The number of ether oxygens (including phenoxy) is 2. The molecule has 0 saturated carbocycles. The molecule has 1 aliphatic heterocycles. The number of carbonyl (C=O) groups excluding carboxylic acids is 2. The van der Waals surface area contributed by atoms with Crippen molar-refractivity contribution in [3.05, 3.63) is 34.8 Å². The molecule has 0 spiro atoms. The number of aromatic nitrogens is 1. The van der Waals surface area contributed by atoms with Crippen molar-refractivity contribution in [1.29, 1.82) is 0 Å². The number of amides is 1. The van der Waals surface area contributed by atoms with Gasteiger partial charge >= 0.3 is 0 Å². The number of thiazole rings is 1. The van der Waals surface area contributed by atoms with Crippen LogP contribution >= 0.6 is 11.3 Å². The quantitative estimate of drug-likeness (QED) is 0.880. The monoisotopic (exact) mass is 318 g/mol. The van der Waals surface area contributed by atoms with Gasteiger partial charge in [0.1, 0.15) is 6.61 Å². The van der Waals surface area contributed by atoms with Crippen LogP contribution in [-0.4, -0.2) is 29.4 Å². The minimum Gasteiger partial charge on any atom is -0.485 e. The molecule has 0 unspecified atom stereocenters. The smallest absolute Gasteiger partial charge is 0.270 e. The number of hydrogen-bond acceptors (Lipinski definition) is 6. The summed E-state index contributed by atoms with van der Waals surface area (Å²) in [4.78, 5) is 28.4. The highest BCUT2D eigenvalue weighted by molar-refractivity contribution is 7.17. The Labute approximate surface area is 131 Å². The molecular formula is C15H14N2O4S. The first-order valence-corrected chi connectivity index (χ1v) is 7.54. The van der Waals surface area contributed by atoms with Gasteiger partial charge in [0.2, 0.25) is 6.10 Å². The van der Waals surface area contributed by atoms with E-state index in [0.29, 0.717) is 27.2 Å². The van der Waals surface area contributed by atoms with Gasteiger partial charge in [0.05, 0.1) is 10.6 Å². The molecule has 0 fully saturated rings. The van der Waals surface area contributed by atoms with Crippen molar-refractivity contribution in [2.75, 3.05) is 11.9 Å². The summed E-state index contributed by atoms with van der Waals surface area (Å²) in [6.45, 7) is 3.34. The van der Waals surface area contributed by atoms with Crippen molar-refractivity contribution < 1.29 is 19.1 Å². The van der Waals surface area contributed by atoms with Gasteiger partial charge in [-0.3, -0.25) is 14.9 Å². The molecule has 1 aromatic carbocycles. The molecule has 2 heterocycles. The summed E-state index contributed by atoms with van der Waals surface area (Å²) in [5, 5.41) is 3.05. The lowest BCUT2D eigenvalue weighted by Gasteiger charge is -2.25. The van der Waals surface area contributed by atoms with Crippen LogP contribution in [0.1, 0.15) is 22.3 Å². The van der Waals surface area contributed by atoms with Crippen LogP contribution in [0.2, 0.25) is 0 Å². The first-order chi connectivity index (χ1) is 10.5. The Morgan fingerprint density at radius 2 is 2.05 bits per heavy atom. The van der Waals surface area contributed by atoms with Crippen molar-refractivity contribution in [3.63, 3.8) is 0 Å². The van der Waals surface area contributed by atoms with E-state index < -0.39 is 6.10 Å². The first-order valence-electron chi connectivity index (χ1n) is 6.72. The summed E-state index contributed by atoms with van der Waals surface area (Å²) in [5.41, 5.74) is 0.610. The van der Waals surface area contributed by atoms with Gasteiger partial charge in [0.15, 0.2) is 22.4 Å². The molecule has 0 aliphatic carbocycles. The van der Waals surface area contributed by atoms with Crippen LogP contribution in [0.3, 0.4) is 0 Å². The fourth-order valence-electron chi connectivity index (χ4n) is 2.11. The molecule has 22 heavy (non-hydrogen) atoms. The SMILES string of the molecule is CC(=O)c1sc(NC(=O)[C@@H]2COc3ccccc3O2)nc1C. The van der Waals surface area contributed by atoms with Crippen LogP contribution in [0.4, 0.5) is 5.13 Å². The van der Waals surface area contributed by atoms with Crippen LogP contribution < -0.4 is 14.8 Å². The zero-order chi connectivity index (χ0) is 15.7. The number of rotatable bonds is 3. The molecule has 2 aromatic rings. The van der Waals surface area contributed by atoms with Crippen molar-refractivity contribution in [2.24, 2.45) is 0 Å². The second-order valence-corrected chi connectivity index (χ2v) is 5.84. The Kier molecular flexibility index (Phi) is 3.81. The maximum absolute atomic E-state index is 12.2. The number of anilines is 1. The summed E-state index contributed by atoms with van der Waals surface area (Å²) < 4.78 is 11.1. The van der Waals surface area contributed by atoms with E-state index in [1.807, 2.05) is 12.1 Å². The third-order valence-electron chi connectivity index (χ3n) is 3.15. The Bertz CT molecular complexity index is 741. The Morgan fingerprint density at radius 3 is 2.73 bits per heavy atom.